The minimum atomic E-state index is -1.19. The zero-order valence-corrected chi connectivity index (χ0v) is 13.7. The molecule has 0 aliphatic heterocycles. The molecule has 0 amide bonds. The molecular formula is C14H20O2Sn. The van der Waals surface area contributed by atoms with E-state index in [4.69, 9.17) is 0 Å². The Morgan fingerprint density at radius 1 is 1.24 bits per heavy atom. The number of aliphatic carboxylic acids is 1. The number of carboxylic acid groups (broad SMARTS) is 1. The molecule has 17 heavy (non-hydrogen) atoms. The Hall–Kier alpha value is -0.771. The molecule has 0 N–H and O–H groups in total. The van der Waals surface area contributed by atoms with Gasteiger partial charge in [-0.15, -0.1) is 0 Å². The third-order valence-corrected chi connectivity index (χ3v) is 10.5. The normalized spacial score (nSPS) is 8.88. The van der Waals surface area contributed by atoms with E-state index >= 15 is 0 Å². The van der Waals surface area contributed by atoms with Crippen LogP contribution in [0.3, 0.4) is 0 Å². The van der Waals surface area contributed by atoms with Gasteiger partial charge in [-0.3, -0.25) is 0 Å². The molecule has 0 aliphatic carbocycles. The van der Waals surface area contributed by atoms with Crippen molar-refractivity contribution in [3.05, 3.63) is 42.5 Å². The quantitative estimate of drug-likeness (QED) is 0.619. The van der Waals surface area contributed by atoms with E-state index in [0.717, 1.165) is 0 Å². The zero-order chi connectivity index (χ0) is 13.3. The topological polar surface area (TPSA) is 40.1 Å². The van der Waals surface area contributed by atoms with E-state index in [1.807, 2.05) is 0 Å². The summed E-state index contributed by atoms with van der Waals surface area (Å²) < 4.78 is 4.57. The van der Waals surface area contributed by atoms with Gasteiger partial charge in [0, 0.05) is 0 Å². The molecule has 0 saturated heterocycles. The van der Waals surface area contributed by atoms with E-state index in [9.17, 15) is 9.90 Å². The molecule has 92 valence electrons. The van der Waals surface area contributed by atoms with Crippen molar-refractivity contribution in [3.63, 3.8) is 0 Å². The molecular weight excluding hydrogens is 319 g/mol. The average Bonchev–Trinajstić information content (AvgIpc) is 2.32. The molecule has 0 radical (unpaired) electrons. The number of benzene rings is 1. The Morgan fingerprint density at radius 2 is 1.65 bits per heavy atom. The molecule has 0 atom stereocenters. The fourth-order valence-electron chi connectivity index (χ4n) is 1.33. The molecule has 0 heterocycles. The summed E-state index contributed by atoms with van der Waals surface area (Å²) in [7, 11) is 0. The molecule has 1 aromatic carbocycles. The van der Waals surface area contributed by atoms with Gasteiger partial charge in [0.05, 0.1) is 5.97 Å². The summed E-state index contributed by atoms with van der Waals surface area (Å²) in [6.45, 7) is 9.15. The Bertz CT molecular complexity index is 330. The van der Waals surface area contributed by atoms with Gasteiger partial charge in [0.2, 0.25) is 0 Å². The van der Waals surface area contributed by atoms with Gasteiger partial charge in [0.1, 0.15) is 0 Å². The maximum absolute atomic E-state index is 9.49. The van der Waals surface area contributed by atoms with Crippen LogP contribution in [-0.2, 0) is 4.79 Å². The first-order valence-corrected chi connectivity index (χ1v) is 11.3. The Kier molecular flexibility index (Phi) is 8.86. The van der Waals surface area contributed by atoms with Gasteiger partial charge < -0.3 is 9.90 Å². The molecule has 0 spiro atoms. The number of carboxylic acids is 1. The van der Waals surface area contributed by atoms with Crippen molar-refractivity contribution in [1.29, 1.82) is 0 Å². The van der Waals surface area contributed by atoms with Crippen LogP contribution in [0, 0.1) is 0 Å². The second-order valence-corrected chi connectivity index (χ2v) is 12.9. The molecule has 0 saturated carbocycles. The van der Waals surface area contributed by atoms with Gasteiger partial charge in [-0.1, -0.05) is 6.58 Å². The maximum atomic E-state index is 9.49. The van der Waals surface area contributed by atoms with Crippen molar-refractivity contribution in [1.82, 2.24) is 0 Å². The van der Waals surface area contributed by atoms with Crippen molar-refractivity contribution < 1.29 is 9.90 Å². The van der Waals surface area contributed by atoms with Crippen LogP contribution in [-0.4, -0.2) is 25.7 Å². The summed E-state index contributed by atoms with van der Waals surface area (Å²) in [6, 6.07) is 11.1. The minimum absolute atomic E-state index is 0.0648. The van der Waals surface area contributed by atoms with E-state index in [2.05, 4.69) is 50.8 Å². The fourth-order valence-corrected chi connectivity index (χ4v) is 6.98. The molecule has 0 aromatic heterocycles. The monoisotopic (exact) mass is 340 g/mol. The van der Waals surface area contributed by atoms with Crippen molar-refractivity contribution in [2.45, 2.75) is 29.6 Å². The first kappa shape index (κ1) is 16.2. The Morgan fingerprint density at radius 3 is 1.94 bits per heavy atom. The summed E-state index contributed by atoms with van der Waals surface area (Å²) in [5, 5.41) is 9.49. The van der Waals surface area contributed by atoms with Crippen LogP contribution in [0.25, 0.3) is 0 Å². The van der Waals surface area contributed by atoms with E-state index in [0.29, 0.717) is 0 Å². The fraction of sp³-hybridized carbons (Fsp3) is 0.357. The number of carbonyl (C=O) groups excluding carboxylic acids is 1. The van der Waals surface area contributed by atoms with Crippen LogP contribution >= 0.6 is 0 Å². The van der Waals surface area contributed by atoms with Crippen LogP contribution in [0.4, 0.5) is 0 Å². The van der Waals surface area contributed by atoms with Gasteiger partial charge in [-0.25, -0.2) is 0 Å². The molecule has 0 unspecified atom stereocenters. The second kappa shape index (κ2) is 9.28. The Labute approximate surface area is 111 Å². The number of carbonyl (C=O) groups is 1. The van der Waals surface area contributed by atoms with E-state index in [-0.39, 0.29) is 5.57 Å². The Balaban J connectivity index is 0.000000366. The van der Waals surface area contributed by atoms with Crippen LogP contribution in [0.5, 0.6) is 0 Å². The van der Waals surface area contributed by atoms with E-state index in [1.165, 1.54) is 15.8 Å². The second-order valence-electron chi connectivity index (χ2n) is 3.74. The van der Waals surface area contributed by atoms with Crippen LogP contribution in [0.15, 0.2) is 42.5 Å². The standard InChI is InChI=1S/C6H5.C4H6O2.2C2H5.Sn/c1-2-4-6-5-3-1;1-3(2)4(5)6;2*1-2;/h1-5H;1H2,2H3,(H,5,6);2*1H2,2H3;/q;;;;+1/p-1. The van der Waals surface area contributed by atoms with Gasteiger partial charge >= 0.3 is 76.4 Å². The molecule has 2 nitrogen and oxygen atoms in total. The van der Waals surface area contributed by atoms with Crippen molar-refractivity contribution in [3.8, 4) is 0 Å². The predicted molar refractivity (Wildman–Crippen MR) is 72.6 cm³/mol. The molecule has 0 fully saturated rings. The average molecular weight is 339 g/mol. The third kappa shape index (κ3) is 7.21. The van der Waals surface area contributed by atoms with Gasteiger partial charge in [0.25, 0.3) is 0 Å². The first-order valence-electron chi connectivity index (χ1n) is 5.79. The van der Waals surface area contributed by atoms with E-state index in [1.54, 1.807) is 3.58 Å². The molecule has 0 aliphatic rings. The molecule has 0 bridgehead atoms. The molecule has 3 heteroatoms. The van der Waals surface area contributed by atoms with Crippen LogP contribution in [0.2, 0.25) is 8.87 Å². The first-order chi connectivity index (χ1) is 8.02. The third-order valence-electron chi connectivity index (χ3n) is 2.38. The van der Waals surface area contributed by atoms with Crippen molar-refractivity contribution in [2.24, 2.45) is 0 Å². The van der Waals surface area contributed by atoms with Gasteiger partial charge in [-0.05, 0) is 12.5 Å². The van der Waals surface area contributed by atoms with Crippen LogP contribution < -0.4 is 8.69 Å². The summed E-state index contributed by atoms with van der Waals surface area (Å²) in [4.78, 5) is 9.49. The summed E-state index contributed by atoms with van der Waals surface area (Å²) >= 11 is -1.10. The van der Waals surface area contributed by atoms with E-state index < -0.39 is 25.7 Å². The summed E-state index contributed by atoms with van der Waals surface area (Å²) in [6.07, 6.45) is 0. The SMILES string of the molecule is C=C(C)C(=O)[O-].C[CH2][Sn+]([CH2]C)[c]1ccccc1. The summed E-state index contributed by atoms with van der Waals surface area (Å²) in [5.74, 6) is -1.19. The van der Waals surface area contributed by atoms with Gasteiger partial charge in [-0.2, -0.15) is 0 Å². The number of hydrogen-bond donors (Lipinski definition) is 0. The van der Waals surface area contributed by atoms with Gasteiger partial charge in [0.15, 0.2) is 0 Å². The summed E-state index contributed by atoms with van der Waals surface area (Å²) in [5.41, 5.74) is 0.0648. The van der Waals surface area contributed by atoms with Crippen LogP contribution in [0.1, 0.15) is 20.8 Å². The van der Waals surface area contributed by atoms with Crippen molar-refractivity contribution >= 4 is 29.3 Å². The molecule has 1 rings (SSSR count). The predicted octanol–water partition coefficient (Wildman–Crippen LogP) is 1.74. The number of hydrogen-bond acceptors (Lipinski definition) is 2. The number of rotatable bonds is 4. The van der Waals surface area contributed by atoms with Crippen molar-refractivity contribution in [2.75, 3.05) is 0 Å². The molecule has 1 aromatic rings. The zero-order valence-electron chi connectivity index (χ0n) is 10.8.